The van der Waals surface area contributed by atoms with E-state index >= 15 is 0 Å². The maximum Gasteiger partial charge on any atom is 0.238 e. The molecule has 3 aromatic carbocycles. The Kier molecular flexibility index (Phi) is 6.09. The van der Waals surface area contributed by atoms with Crippen LogP contribution in [0.2, 0.25) is 0 Å². The van der Waals surface area contributed by atoms with Gasteiger partial charge in [0.2, 0.25) is 11.7 Å². The second kappa shape index (κ2) is 8.70. The van der Waals surface area contributed by atoms with Gasteiger partial charge in [0.25, 0.3) is 0 Å². The molecule has 7 heteroatoms. The lowest BCUT2D eigenvalue weighted by atomic mass is 9.96. The summed E-state index contributed by atoms with van der Waals surface area (Å²) in [6.45, 7) is -0.119. The number of carbonyl (C=O) groups excluding carboxylic acids is 1. The zero-order valence-electron chi connectivity index (χ0n) is 16.9. The van der Waals surface area contributed by atoms with Crippen LogP contribution in [-0.2, 0) is 4.79 Å². The largest absolute Gasteiger partial charge is 0.495 e. The molecule has 0 heterocycles. The number of rotatable bonds is 7. The fourth-order valence-corrected chi connectivity index (χ4v) is 3.32. The smallest absolute Gasteiger partial charge is 0.238 e. The first-order chi connectivity index (χ1) is 14.1. The molecule has 3 N–H and O–H groups in total. The number of nitrogens with one attached hydrogen (secondary N) is 1. The predicted molar refractivity (Wildman–Crippen MR) is 113 cm³/mol. The van der Waals surface area contributed by atoms with Crippen molar-refractivity contribution in [1.29, 1.82) is 0 Å². The zero-order valence-corrected chi connectivity index (χ0v) is 16.9. The third-order valence-electron chi connectivity index (χ3n) is 4.67. The molecular formula is C22H24N2O5. The molecule has 29 heavy (non-hydrogen) atoms. The van der Waals surface area contributed by atoms with E-state index in [0.717, 1.165) is 21.9 Å². The van der Waals surface area contributed by atoms with Gasteiger partial charge in [-0.1, -0.05) is 18.2 Å². The number of nitrogens with two attached hydrogens (primary N) is 1. The number of carbonyl (C=O) groups is 1. The zero-order chi connectivity index (χ0) is 21.0. The molecule has 3 aromatic rings. The summed E-state index contributed by atoms with van der Waals surface area (Å²) >= 11 is 0. The number of hydrogen-bond acceptors (Lipinski definition) is 6. The number of ether oxygens (including phenoxy) is 4. The Balaban J connectivity index is 2.26. The Bertz CT molecular complexity index is 1020. The van der Waals surface area contributed by atoms with E-state index in [-0.39, 0.29) is 12.5 Å². The maximum atomic E-state index is 11.9. The van der Waals surface area contributed by atoms with Gasteiger partial charge in [-0.15, -0.1) is 0 Å². The van der Waals surface area contributed by atoms with E-state index in [2.05, 4.69) is 5.32 Å². The Morgan fingerprint density at radius 3 is 2.07 bits per heavy atom. The van der Waals surface area contributed by atoms with Gasteiger partial charge in [-0.3, -0.25) is 4.79 Å². The number of amides is 1. The summed E-state index contributed by atoms with van der Waals surface area (Å²) in [7, 11) is 6.28. The molecule has 0 unspecified atom stereocenters. The van der Waals surface area contributed by atoms with E-state index < -0.39 is 0 Å². The van der Waals surface area contributed by atoms with E-state index in [1.54, 1.807) is 28.4 Å². The molecule has 7 nitrogen and oxygen atoms in total. The van der Waals surface area contributed by atoms with Gasteiger partial charge in [0.15, 0.2) is 11.5 Å². The van der Waals surface area contributed by atoms with Crippen molar-refractivity contribution in [2.75, 3.05) is 40.3 Å². The summed E-state index contributed by atoms with van der Waals surface area (Å²) in [5, 5.41) is 4.59. The van der Waals surface area contributed by atoms with Gasteiger partial charge >= 0.3 is 0 Å². The number of benzene rings is 3. The van der Waals surface area contributed by atoms with Gasteiger partial charge < -0.3 is 30.0 Å². The van der Waals surface area contributed by atoms with E-state index in [0.29, 0.717) is 28.7 Å². The molecule has 0 atom stereocenters. The predicted octanol–water partition coefficient (Wildman–Crippen LogP) is 3.44. The van der Waals surface area contributed by atoms with Gasteiger partial charge in [-0.25, -0.2) is 0 Å². The molecule has 0 fully saturated rings. The minimum Gasteiger partial charge on any atom is -0.495 e. The van der Waals surface area contributed by atoms with Crippen LogP contribution in [0.15, 0.2) is 42.5 Å². The average Bonchev–Trinajstić information content (AvgIpc) is 2.77. The van der Waals surface area contributed by atoms with Crippen molar-refractivity contribution in [3.8, 4) is 34.1 Å². The van der Waals surface area contributed by atoms with Crippen molar-refractivity contribution >= 4 is 22.4 Å². The van der Waals surface area contributed by atoms with E-state index in [1.165, 1.54) is 0 Å². The van der Waals surface area contributed by atoms with Crippen molar-refractivity contribution in [3.05, 3.63) is 42.5 Å². The van der Waals surface area contributed by atoms with Gasteiger partial charge in [0.1, 0.15) is 5.75 Å². The maximum absolute atomic E-state index is 11.9. The lowest BCUT2D eigenvalue weighted by molar-refractivity contribution is -0.114. The van der Waals surface area contributed by atoms with Crippen LogP contribution in [-0.4, -0.2) is 40.9 Å². The average molecular weight is 396 g/mol. The first-order valence-corrected chi connectivity index (χ1v) is 8.97. The third kappa shape index (κ3) is 3.77. The monoisotopic (exact) mass is 396 g/mol. The summed E-state index contributed by atoms with van der Waals surface area (Å²) in [5.74, 6) is 1.90. The normalized spacial score (nSPS) is 10.5. The van der Waals surface area contributed by atoms with E-state index in [4.69, 9.17) is 24.7 Å². The molecule has 1 amide bonds. The highest BCUT2D eigenvalue weighted by Gasteiger charge is 2.17. The van der Waals surface area contributed by atoms with Crippen molar-refractivity contribution in [2.45, 2.75) is 0 Å². The van der Waals surface area contributed by atoms with Crippen LogP contribution in [0.25, 0.3) is 21.9 Å². The molecule has 0 radical (unpaired) electrons. The quantitative estimate of drug-likeness (QED) is 0.636. The summed E-state index contributed by atoms with van der Waals surface area (Å²) in [6.07, 6.45) is 0. The number of anilines is 1. The van der Waals surface area contributed by atoms with Crippen molar-refractivity contribution in [1.82, 2.24) is 0 Å². The van der Waals surface area contributed by atoms with Crippen LogP contribution in [0.5, 0.6) is 23.0 Å². The van der Waals surface area contributed by atoms with Crippen LogP contribution in [0.4, 0.5) is 5.69 Å². The molecule has 152 valence electrons. The summed E-state index contributed by atoms with van der Waals surface area (Å²) in [5.41, 5.74) is 7.87. The first kappa shape index (κ1) is 20.3. The Labute approximate surface area is 169 Å². The van der Waals surface area contributed by atoms with Crippen molar-refractivity contribution in [3.63, 3.8) is 0 Å². The minimum absolute atomic E-state index is 0.119. The minimum atomic E-state index is -0.297. The molecule has 0 aliphatic carbocycles. The highest BCUT2D eigenvalue weighted by atomic mass is 16.5. The Hall–Kier alpha value is -3.45. The van der Waals surface area contributed by atoms with Crippen LogP contribution in [0, 0.1) is 0 Å². The van der Waals surface area contributed by atoms with Crippen LogP contribution >= 0.6 is 0 Å². The number of methoxy groups -OCH3 is 4. The van der Waals surface area contributed by atoms with Gasteiger partial charge in [0, 0.05) is 5.39 Å². The topological polar surface area (TPSA) is 92.0 Å². The summed E-state index contributed by atoms with van der Waals surface area (Å²) < 4.78 is 21.8. The molecular weight excluding hydrogens is 372 g/mol. The number of hydrogen-bond donors (Lipinski definition) is 2. The second-order valence-corrected chi connectivity index (χ2v) is 6.21. The first-order valence-electron chi connectivity index (χ1n) is 8.97. The molecule has 0 aliphatic rings. The molecule has 3 rings (SSSR count). The van der Waals surface area contributed by atoms with Gasteiger partial charge in [0.05, 0.1) is 40.7 Å². The molecule has 0 aliphatic heterocycles. The second-order valence-electron chi connectivity index (χ2n) is 6.21. The summed E-state index contributed by atoms with van der Waals surface area (Å²) in [4.78, 5) is 11.9. The van der Waals surface area contributed by atoms with E-state index in [1.807, 2.05) is 42.5 Å². The molecule has 0 bridgehead atoms. The lowest BCUT2D eigenvalue weighted by Gasteiger charge is -2.17. The molecule has 0 saturated carbocycles. The highest BCUT2D eigenvalue weighted by molar-refractivity contribution is 6.09. The Morgan fingerprint density at radius 2 is 1.52 bits per heavy atom. The van der Waals surface area contributed by atoms with Crippen LogP contribution in [0.3, 0.4) is 0 Å². The Morgan fingerprint density at radius 1 is 0.862 bits per heavy atom. The van der Waals surface area contributed by atoms with Gasteiger partial charge in [-0.05, 0) is 40.8 Å². The third-order valence-corrected chi connectivity index (χ3v) is 4.67. The van der Waals surface area contributed by atoms with E-state index in [9.17, 15) is 4.79 Å². The highest BCUT2D eigenvalue weighted by Crippen LogP contribution is 2.44. The fraction of sp³-hybridized carbons (Fsp3) is 0.227. The molecule has 0 spiro atoms. The molecule has 0 aromatic heterocycles. The van der Waals surface area contributed by atoms with Crippen LogP contribution in [0.1, 0.15) is 0 Å². The number of fused-ring (bicyclic) bond motifs is 1. The van der Waals surface area contributed by atoms with Crippen LogP contribution < -0.4 is 30.0 Å². The SMILES string of the molecule is COc1cc(-c2cccc3c(NC(=O)CN)c(OC)ccc23)cc(OC)c1OC. The summed E-state index contributed by atoms with van der Waals surface area (Å²) in [6, 6.07) is 13.4. The lowest BCUT2D eigenvalue weighted by Crippen LogP contribution is -2.22. The standard InChI is InChI=1S/C22H24N2O5/c1-26-17-9-8-15-14(6-5-7-16(15)21(17)24-20(25)12-23)13-10-18(27-2)22(29-4)19(11-13)28-3/h5-11H,12,23H2,1-4H3,(H,24,25). The van der Waals surface area contributed by atoms with Gasteiger partial charge in [-0.2, -0.15) is 0 Å². The van der Waals surface area contributed by atoms with Crippen molar-refractivity contribution in [2.24, 2.45) is 5.73 Å². The fourth-order valence-electron chi connectivity index (χ4n) is 3.32. The molecule has 0 saturated heterocycles. The van der Waals surface area contributed by atoms with Crippen molar-refractivity contribution < 1.29 is 23.7 Å².